The zero-order chi connectivity index (χ0) is 16.4. The number of hydrogen-bond donors (Lipinski definition) is 3. The second-order valence-electron chi connectivity index (χ2n) is 4.48. The van der Waals surface area contributed by atoms with E-state index in [1.807, 2.05) is 4.72 Å². The van der Waals surface area contributed by atoms with Crippen molar-refractivity contribution in [1.29, 1.82) is 0 Å². The first-order chi connectivity index (χ1) is 9.54. The number of carbonyl (C=O) groups is 2. The van der Waals surface area contributed by atoms with Crippen LogP contribution < -0.4 is 4.72 Å². The van der Waals surface area contributed by atoms with Crippen LogP contribution in [0.5, 0.6) is 0 Å². The lowest BCUT2D eigenvalue weighted by Gasteiger charge is -2.16. The van der Waals surface area contributed by atoms with Crippen molar-refractivity contribution in [3.63, 3.8) is 0 Å². The topological polar surface area (TPSA) is 121 Å². The van der Waals surface area contributed by atoms with E-state index in [-0.39, 0.29) is 16.0 Å². The fraction of sp³-hybridized carbons (Fsp3) is 0.333. The van der Waals surface area contributed by atoms with Gasteiger partial charge in [-0.25, -0.2) is 12.8 Å². The van der Waals surface area contributed by atoms with Gasteiger partial charge >= 0.3 is 11.9 Å². The Morgan fingerprint density at radius 3 is 2.10 bits per heavy atom. The Morgan fingerprint density at radius 2 is 1.71 bits per heavy atom. The van der Waals surface area contributed by atoms with Gasteiger partial charge in [0.05, 0.1) is 11.3 Å². The fourth-order valence-electron chi connectivity index (χ4n) is 1.92. The van der Waals surface area contributed by atoms with Crippen LogP contribution in [0.4, 0.5) is 4.39 Å². The summed E-state index contributed by atoms with van der Waals surface area (Å²) in [6.45, 7) is 2.72. The predicted molar refractivity (Wildman–Crippen MR) is 69.9 cm³/mol. The molecule has 0 spiro atoms. The van der Waals surface area contributed by atoms with Crippen molar-refractivity contribution in [2.24, 2.45) is 0 Å². The summed E-state index contributed by atoms with van der Waals surface area (Å²) < 4.78 is 39.4. The fourth-order valence-corrected chi connectivity index (χ4v) is 3.56. The number of aliphatic carboxylic acids is 2. The van der Waals surface area contributed by atoms with Gasteiger partial charge in [0.15, 0.2) is 0 Å². The lowest BCUT2D eigenvalue weighted by atomic mass is 10.1. The Morgan fingerprint density at radius 1 is 1.24 bits per heavy atom. The highest BCUT2D eigenvalue weighted by Gasteiger charge is 2.29. The van der Waals surface area contributed by atoms with Crippen LogP contribution in [0.3, 0.4) is 0 Å². The molecule has 0 aliphatic heterocycles. The Hall–Kier alpha value is -2.00. The molecule has 0 aliphatic rings. The van der Waals surface area contributed by atoms with Crippen molar-refractivity contribution in [2.75, 3.05) is 0 Å². The molecule has 21 heavy (non-hydrogen) atoms. The van der Waals surface area contributed by atoms with E-state index in [9.17, 15) is 22.4 Å². The van der Waals surface area contributed by atoms with Crippen molar-refractivity contribution in [1.82, 2.24) is 4.72 Å². The summed E-state index contributed by atoms with van der Waals surface area (Å²) in [6.07, 6.45) is -0.909. The van der Waals surface area contributed by atoms with Gasteiger partial charge in [-0.3, -0.25) is 9.59 Å². The average Bonchev–Trinajstić information content (AvgIpc) is 2.24. The van der Waals surface area contributed by atoms with E-state index in [2.05, 4.69) is 0 Å². The van der Waals surface area contributed by atoms with E-state index in [1.54, 1.807) is 0 Å². The molecule has 0 amide bonds. The highest BCUT2D eigenvalue weighted by molar-refractivity contribution is 7.89. The quantitative estimate of drug-likeness (QED) is 0.708. The van der Waals surface area contributed by atoms with E-state index in [4.69, 9.17) is 10.2 Å². The van der Waals surface area contributed by atoms with E-state index in [0.717, 1.165) is 12.1 Å². The third-order valence-corrected chi connectivity index (χ3v) is 4.44. The van der Waals surface area contributed by atoms with Crippen LogP contribution >= 0.6 is 0 Å². The number of nitrogens with one attached hydrogen (secondary N) is 1. The Balaban J connectivity index is 3.23. The molecule has 0 bridgehead atoms. The molecule has 0 radical (unpaired) electrons. The number of aryl methyl sites for hydroxylation is 2. The van der Waals surface area contributed by atoms with Crippen LogP contribution in [-0.4, -0.2) is 36.6 Å². The van der Waals surface area contributed by atoms with Crippen LogP contribution in [-0.2, 0) is 19.6 Å². The minimum atomic E-state index is -4.29. The number of carboxylic acids is 2. The molecule has 7 nitrogen and oxygen atoms in total. The summed E-state index contributed by atoms with van der Waals surface area (Å²) in [5.41, 5.74) is 0.193. The summed E-state index contributed by atoms with van der Waals surface area (Å²) in [5, 5.41) is 17.5. The summed E-state index contributed by atoms with van der Waals surface area (Å²) in [4.78, 5) is 21.2. The zero-order valence-corrected chi connectivity index (χ0v) is 12.1. The first-order valence-electron chi connectivity index (χ1n) is 5.78. The van der Waals surface area contributed by atoms with Crippen molar-refractivity contribution in [2.45, 2.75) is 31.2 Å². The summed E-state index contributed by atoms with van der Waals surface area (Å²) >= 11 is 0. The van der Waals surface area contributed by atoms with Gasteiger partial charge in [-0.1, -0.05) is 0 Å². The summed E-state index contributed by atoms with van der Waals surface area (Å²) in [7, 11) is -4.29. The number of sulfonamides is 1. The molecule has 0 saturated carbocycles. The first-order valence-corrected chi connectivity index (χ1v) is 7.26. The number of rotatable bonds is 6. The molecule has 1 rings (SSSR count). The molecule has 3 N–H and O–H groups in total. The largest absolute Gasteiger partial charge is 0.481 e. The van der Waals surface area contributed by atoms with Gasteiger partial charge in [-0.05, 0) is 37.1 Å². The summed E-state index contributed by atoms with van der Waals surface area (Å²) in [6, 6.07) is 0.180. The van der Waals surface area contributed by atoms with E-state index in [1.165, 1.54) is 13.8 Å². The molecular weight excluding hydrogens is 305 g/mol. The van der Waals surface area contributed by atoms with Gasteiger partial charge in [0.2, 0.25) is 10.0 Å². The molecular formula is C12H14FNO6S. The molecule has 0 fully saturated rings. The van der Waals surface area contributed by atoms with Gasteiger partial charge < -0.3 is 10.2 Å². The molecule has 0 unspecified atom stereocenters. The minimum absolute atomic E-state index is 0.0967. The molecule has 116 valence electrons. The molecule has 1 atom stereocenters. The van der Waals surface area contributed by atoms with Gasteiger partial charge in [0.25, 0.3) is 0 Å². The molecule has 0 aromatic heterocycles. The van der Waals surface area contributed by atoms with Crippen molar-refractivity contribution >= 4 is 22.0 Å². The van der Waals surface area contributed by atoms with E-state index >= 15 is 0 Å². The zero-order valence-electron chi connectivity index (χ0n) is 11.3. The van der Waals surface area contributed by atoms with Crippen molar-refractivity contribution in [3.8, 4) is 0 Å². The highest BCUT2D eigenvalue weighted by atomic mass is 32.2. The maximum Gasteiger partial charge on any atom is 0.322 e. The second-order valence-corrected chi connectivity index (χ2v) is 6.13. The Kier molecular flexibility index (Phi) is 5.02. The van der Waals surface area contributed by atoms with Gasteiger partial charge in [0, 0.05) is 0 Å². The molecule has 0 aliphatic carbocycles. The third kappa shape index (κ3) is 4.23. The number of halogens is 1. The maximum absolute atomic E-state index is 13.2. The second kappa shape index (κ2) is 6.19. The van der Waals surface area contributed by atoms with Gasteiger partial charge in [0.1, 0.15) is 11.9 Å². The maximum atomic E-state index is 13.2. The first kappa shape index (κ1) is 17.1. The van der Waals surface area contributed by atoms with Crippen molar-refractivity contribution in [3.05, 3.63) is 29.1 Å². The van der Waals surface area contributed by atoms with Crippen LogP contribution in [0.15, 0.2) is 17.0 Å². The van der Waals surface area contributed by atoms with Gasteiger partial charge in [-0.15, -0.1) is 0 Å². The highest BCUT2D eigenvalue weighted by Crippen LogP contribution is 2.21. The molecule has 0 heterocycles. The summed E-state index contributed by atoms with van der Waals surface area (Å²) in [5.74, 6) is -3.69. The predicted octanol–water partition coefficient (Wildman–Crippen LogP) is 0.649. The normalized spacial score (nSPS) is 12.9. The SMILES string of the molecule is Cc1cc(F)cc(C)c1S(=O)(=O)N[C@H](CC(=O)O)C(=O)O. The van der Waals surface area contributed by atoms with Crippen LogP contribution in [0, 0.1) is 19.7 Å². The number of hydrogen-bond acceptors (Lipinski definition) is 4. The Labute approximate surface area is 120 Å². The minimum Gasteiger partial charge on any atom is -0.481 e. The standard InChI is InChI=1S/C12H14FNO6S/c1-6-3-8(13)4-7(2)11(6)21(19,20)14-9(12(17)18)5-10(15)16/h3-4,9,14H,5H2,1-2H3,(H,15,16)(H,17,18)/t9-/m1/s1. The van der Waals surface area contributed by atoms with E-state index < -0.39 is 40.2 Å². The van der Waals surface area contributed by atoms with Crippen molar-refractivity contribution < 1.29 is 32.6 Å². The van der Waals surface area contributed by atoms with Crippen LogP contribution in [0.2, 0.25) is 0 Å². The number of benzene rings is 1. The molecule has 9 heteroatoms. The third-order valence-electron chi connectivity index (χ3n) is 2.67. The lowest BCUT2D eigenvalue weighted by Crippen LogP contribution is -2.42. The Bertz CT molecular complexity index is 662. The van der Waals surface area contributed by atoms with Crippen LogP contribution in [0.1, 0.15) is 17.5 Å². The average molecular weight is 319 g/mol. The molecule has 1 aromatic carbocycles. The van der Waals surface area contributed by atoms with Crippen LogP contribution in [0.25, 0.3) is 0 Å². The lowest BCUT2D eigenvalue weighted by molar-refractivity contribution is -0.145. The molecule has 1 aromatic rings. The number of carboxylic acid groups (broad SMARTS) is 2. The van der Waals surface area contributed by atoms with E-state index in [0.29, 0.717) is 0 Å². The smallest absolute Gasteiger partial charge is 0.322 e. The monoisotopic (exact) mass is 319 g/mol. The van der Waals surface area contributed by atoms with Gasteiger partial charge in [-0.2, -0.15) is 4.72 Å². The molecule has 0 saturated heterocycles.